The molecule has 0 aliphatic heterocycles. The summed E-state index contributed by atoms with van der Waals surface area (Å²) in [7, 11) is 1.38. The summed E-state index contributed by atoms with van der Waals surface area (Å²) in [6.45, 7) is 5.43. The Hall–Kier alpha value is -2.01. The zero-order valence-electron chi connectivity index (χ0n) is 14.2. The zero-order valence-corrected chi connectivity index (χ0v) is 15.8. The highest BCUT2D eigenvalue weighted by Crippen LogP contribution is 2.22. The van der Waals surface area contributed by atoms with E-state index in [1.54, 1.807) is 6.07 Å². The van der Waals surface area contributed by atoms with Gasteiger partial charge in [0.1, 0.15) is 5.75 Å². The Morgan fingerprint density at radius 2 is 1.83 bits per heavy atom. The van der Waals surface area contributed by atoms with Gasteiger partial charge in [0.05, 0.1) is 19.3 Å². The number of rotatable bonds is 7. The Morgan fingerprint density at radius 3 is 2.50 bits per heavy atom. The molecule has 0 saturated heterocycles. The van der Waals surface area contributed by atoms with Crippen LogP contribution in [0.15, 0.2) is 40.9 Å². The molecular formula is C19H22BrNO3. The van der Waals surface area contributed by atoms with Crippen LogP contribution in [-0.4, -0.2) is 26.2 Å². The number of halogens is 1. The lowest BCUT2D eigenvalue weighted by Crippen LogP contribution is -2.11. The van der Waals surface area contributed by atoms with E-state index >= 15 is 0 Å². The molecule has 1 N–H and O–H groups in total. The lowest BCUT2D eigenvalue weighted by Gasteiger charge is -2.12. The minimum absolute atomic E-state index is 0.356. The Labute approximate surface area is 151 Å². The van der Waals surface area contributed by atoms with E-state index in [9.17, 15) is 4.79 Å². The Bertz CT molecular complexity index is 696. The van der Waals surface area contributed by atoms with Gasteiger partial charge in [0.25, 0.3) is 0 Å². The number of benzene rings is 2. The summed E-state index contributed by atoms with van der Waals surface area (Å²) in [5.41, 5.74) is 3.67. The minimum atomic E-state index is -0.356. The summed E-state index contributed by atoms with van der Waals surface area (Å²) in [4.78, 5) is 11.8. The molecule has 0 unspecified atom stereocenters. The fraction of sp³-hybridized carbons (Fsp3) is 0.316. The van der Waals surface area contributed by atoms with Crippen molar-refractivity contribution in [1.29, 1.82) is 0 Å². The van der Waals surface area contributed by atoms with Gasteiger partial charge in [-0.25, -0.2) is 4.79 Å². The molecule has 24 heavy (non-hydrogen) atoms. The van der Waals surface area contributed by atoms with Crippen molar-refractivity contribution in [3.8, 4) is 5.75 Å². The molecular weight excluding hydrogens is 370 g/mol. The second-order valence-corrected chi connectivity index (χ2v) is 6.55. The third-order valence-corrected chi connectivity index (χ3v) is 3.98. The molecule has 0 amide bonds. The second-order valence-electron chi connectivity index (χ2n) is 5.63. The van der Waals surface area contributed by atoms with Gasteiger partial charge in [0.2, 0.25) is 0 Å². The molecule has 0 aromatic heterocycles. The third kappa shape index (κ3) is 5.27. The van der Waals surface area contributed by atoms with Gasteiger partial charge in [-0.2, -0.15) is 0 Å². The number of aryl methyl sites for hydroxylation is 2. The molecule has 5 heteroatoms. The molecule has 0 aliphatic rings. The minimum Gasteiger partial charge on any atom is -0.494 e. The molecule has 2 aromatic rings. The first kappa shape index (κ1) is 18.3. The van der Waals surface area contributed by atoms with E-state index in [2.05, 4.69) is 41.2 Å². The van der Waals surface area contributed by atoms with Crippen molar-refractivity contribution in [3.05, 3.63) is 57.6 Å². The molecule has 4 nitrogen and oxygen atoms in total. The van der Waals surface area contributed by atoms with E-state index in [1.165, 1.54) is 18.2 Å². The van der Waals surface area contributed by atoms with Gasteiger partial charge < -0.3 is 14.8 Å². The Balaban J connectivity index is 1.85. The Kier molecular flexibility index (Phi) is 6.67. The highest BCUT2D eigenvalue weighted by atomic mass is 79.9. The van der Waals surface area contributed by atoms with Crippen LogP contribution < -0.4 is 10.1 Å². The summed E-state index contributed by atoms with van der Waals surface area (Å²) in [5, 5.41) is 3.26. The number of nitrogens with one attached hydrogen (secondary N) is 1. The highest BCUT2D eigenvalue weighted by Gasteiger charge is 2.12. The number of methoxy groups -OCH3 is 1. The van der Waals surface area contributed by atoms with Gasteiger partial charge in [0.15, 0.2) is 0 Å². The van der Waals surface area contributed by atoms with E-state index in [-0.39, 0.29) is 5.97 Å². The van der Waals surface area contributed by atoms with Crippen molar-refractivity contribution in [2.24, 2.45) is 0 Å². The van der Waals surface area contributed by atoms with Crippen LogP contribution in [0, 0.1) is 13.8 Å². The SMILES string of the molecule is COC(=O)c1cc(Br)ccc1NCCCOc1cc(C)cc(C)c1. The summed E-state index contributed by atoms with van der Waals surface area (Å²) in [6.07, 6.45) is 0.823. The van der Waals surface area contributed by atoms with Crippen LogP contribution in [0.5, 0.6) is 5.75 Å². The van der Waals surface area contributed by atoms with Crippen LogP contribution in [0.1, 0.15) is 27.9 Å². The quantitative estimate of drug-likeness (QED) is 0.547. The van der Waals surface area contributed by atoms with Crippen molar-refractivity contribution in [2.75, 3.05) is 25.6 Å². The van der Waals surface area contributed by atoms with Gasteiger partial charge in [-0.15, -0.1) is 0 Å². The zero-order chi connectivity index (χ0) is 17.5. The second kappa shape index (κ2) is 8.73. The fourth-order valence-corrected chi connectivity index (χ4v) is 2.81. The predicted octanol–water partition coefficient (Wildman–Crippen LogP) is 4.73. The molecule has 0 spiro atoms. The number of hydrogen-bond donors (Lipinski definition) is 1. The number of esters is 1. The van der Waals surface area contributed by atoms with Crippen LogP contribution >= 0.6 is 15.9 Å². The summed E-state index contributed by atoms with van der Waals surface area (Å²) in [5.74, 6) is 0.539. The number of hydrogen-bond acceptors (Lipinski definition) is 4. The molecule has 0 fully saturated rings. The molecule has 0 atom stereocenters. The average molecular weight is 392 g/mol. The van der Waals surface area contributed by atoms with Gasteiger partial charge in [-0.3, -0.25) is 0 Å². The molecule has 2 aromatic carbocycles. The van der Waals surface area contributed by atoms with E-state index < -0.39 is 0 Å². The largest absolute Gasteiger partial charge is 0.494 e. The lowest BCUT2D eigenvalue weighted by molar-refractivity contribution is 0.0601. The molecule has 0 heterocycles. The van der Waals surface area contributed by atoms with E-state index in [0.717, 1.165) is 22.3 Å². The van der Waals surface area contributed by atoms with Crippen LogP contribution in [0.25, 0.3) is 0 Å². The van der Waals surface area contributed by atoms with Crippen LogP contribution in [0.3, 0.4) is 0 Å². The van der Waals surface area contributed by atoms with Crippen molar-refractivity contribution >= 4 is 27.6 Å². The topological polar surface area (TPSA) is 47.6 Å². The first-order valence-corrected chi connectivity index (χ1v) is 8.61. The third-order valence-electron chi connectivity index (χ3n) is 3.49. The van der Waals surface area contributed by atoms with Gasteiger partial charge >= 0.3 is 5.97 Å². The maximum Gasteiger partial charge on any atom is 0.340 e. The Morgan fingerprint density at radius 1 is 1.12 bits per heavy atom. The van der Waals surface area contributed by atoms with Crippen molar-refractivity contribution in [1.82, 2.24) is 0 Å². The number of carbonyl (C=O) groups is 1. The molecule has 0 saturated carbocycles. The first-order valence-electron chi connectivity index (χ1n) is 7.82. The first-order chi connectivity index (χ1) is 11.5. The molecule has 128 valence electrons. The maximum atomic E-state index is 11.8. The number of carbonyl (C=O) groups excluding carboxylic acids is 1. The monoisotopic (exact) mass is 391 g/mol. The summed E-state index contributed by atoms with van der Waals surface area (Å²) < 4.78 is 11.4. The molecule has 2 rings (SSSR count). The summed E-state index contributed by atoms with van der Waals surface area (Å²) in [6, 6.07) is 11.7. The predicted molar refractivity (Wildman–Crippen MR) is 100.0 cm³/mol. The van der Waals surface area contributed by atoms with Gasteiger partial charge in [-0.1, -0.05) is 22.0 Å². The number of anilines is 1. The molecule has 0 aliphatic carbocycles. The smallest absolute Gasteiger partial charge is 0.340 e. The van der Waals surface area contributed by atoms with Crippen molar-refractivity contribution in [3.63, 3.8) is 0 Å². The molecule has 0 bridgehead atoms. The standard InChI is InChI=1S/C19H22BrNO3/c1-13-9-14(2)11-16(10-13)24-8-4-7-21-18-6-5-15(20)12-17(18)19(22)23-3/h5-6,9-12,21H,4,7-8H2,1-3H3. The van der Waals surface area contributed by atoms with Gasteiger partial charge in [-0.05, 0) is 61.7 Å². The van der Waals surface area contributed by atoms with Crippen molar-refractivity contribution in [2.45, 2.75) is 20.3 Å². The lowest BCUT2D eigenvalue weighted by atomic mass is 10.1. The van der Waals surface area contributed by atoms with E-state index in [0.29, 0.717) is 18.7 Å². The normalized spacial score (nSPS) is 10.3. The van der Waals surface area contributed by atoms with Gasteiger partial charge in [0, 0.05) is 16.7 Å². The fourth-order valence-electron chi connectivity index (χ4n) is 2.45. The van der Waals surface area contributed by atoms with Crippen molar-refractivity contribution < 1.29 is 14.3 Å². The van der Waals surface area contributed by atoms with Crippen LogP contribution in [-0.2, 0) is 4.74 Å². The summed E-state index contributed by atoms with van der Waals surface area (Å²) >= 11 is 3.37. The van der Waals surface area contributed by atoms with E-state index in [1.807, 2.05) is 24.3 Å². The molecule has 0 radical (unpaired) electrons. The van der Waals surface area contributed by atoms with Crippen LogP contribution in [0.2, 0.25) is 0 Å². The van der Waals surface area contributed by atoms with E-state index in [4.69, 9.17) is 9.47 Å². The highest BCUT2D eigenvalue weighted by molar-refractivity contribution is 9.10. The maximum absolute atomic E-state index is 11.8. The average Bonchev–Trinajstić information content (AvgIpc) is 2.54. The van der Waals surface area contributed by atoms with Crippen LogP contribution in [0.4, 0.5) is 5.69 Å². The number of ether oxygens (including phenoxy) is 2.